The van der Waals surface area contributed by atoms with E-state index in [2.05, 4.69) is 20.8 Å². The Labute approximate surface area is 73.1 Å². The van der Waals surface area contributed by atoms with Crippen molar-refractivity contribution >= 4 is 27.0 Å². The molecule has 0 bridgehead atoms. The molecule has 0 rings (SSSR count). The summed E-state index contributed by atoms with van der Waals surface area (Å²) in [4.78, 5) is 0. The average Bonchev–Trinajstić information content (AvgIpc) is 0.811. The van der Waals surface area contributed by atoms with Gasteiger partial charge in [0.1, 0.15) is 0 Å². The topological polar surface area (TPSA) is 0 Å². The van der Waals surface area contributed by atoms with E-state index in [-0.39, 0.29) is 46.5 Å². The van der Waals surface area contributed by atoms with Crippen LogP contribution in [-0.4, -0.2) is 0 Å². The Hall–Kier alpha value is 1.32. The third-order valence-electron chi connectivity index (χ3n) is 0. The molecule has 0 aliphatic heterocycles. The number of thiol groups is 2. The molecule has 0 aromatic rings. The smallest absolute Gasteiger partial charge is 0 e. The zero-order valence-electron chi connectivity index (χ0n) is 4.89. The van der Waals surface area contributed by atoms with E-state index in [0.29, 0.717) is 5.92 Å². The molecule has 0 amide bonds. The van der Waals surface area contributed by atoms with Gasteiger partial charge in [0.2, 0.25) is 0 Å². The van der Waals surface area contributed by atoms with E-state index in [1.165, 1.54) is 0 Å². The van der Waals surface area contributed by atoms with E-state index in [0.717, 1.165) is 0 Å². The third kappa shape index (κ3) is 119. The summed E-state index contributed by atoms with van der Waals surface area (Å²) in [5, 5.41) is 0. The van der Waals surface area contributed by atoms with Crippen LogP contribution in [0.2, 0.25) is 0 Å². The monoisotopic (exact) mass is 187 g/mol. The molecule has 0 aromatic heterocycles. The second-order valence-corrected chi connectivity index (χ2v) is 1.39. The zero-order valence-corrected chi connectivity index (χ0v) is 9.64. The van der Waals surface area contributed by atoms with Crippen molar-refractivity contribution in [3.8, 4) is 0 Å². The Morgan fingerprint density at radius 3 is 1.14 bits per heavy atom. The summed E-state index contributed by atoms with van der Waals surface area (Å²) in [7, 11) is 0. The summed E-state index contributed by atoms with van der Waals surface area (Å²) in [5.41, 5.74) is 0. The van der Waals surface area contributed by atoms with Gasteiger partial charge in [0, 0.05) is 19.5 Å². The summed E-state index contributed by atoms with van der Waals surface area (Å²) >= 11 is 0. The van der Waals surface area contributed by atoms with Gasteiger partial charge in [-0.1, -0.05) is 13.8 Å². The molecule has 0 saturated heterocycles. The Morgan fingerprint density at radius 2 is 1.14 bits per heavy atom. The maximum absolute atomic E-state index is 3.64. The summed E-state index contributed by atoms with van der Waals surface area (Å²) in [6, 6.07) is 0. The van der Waals surface area contributed by atoms with Gasteiger partial charge >= 0.3 is 0 Å². The minimum atomic E-state index is 0. The van der Waals surface area contributed by atoms with Crippen LogP contribution in [0.5, 0.6) is 0 Å². The minimum Gasteiger partial charge on any atom is -0.813 e. The summed E-state index contributed by atoms with van der Waals surface area (Å²) in [6.07, 6.45) is 0. The van der Waals surface area contributed by atoms with Crippen molar-refractivity contribution in [2.45, 2.75) is 13.8 Å². The molecular weight excluding hydrogens is 178 g/mol. The first kappa shape index (κ1) is 23.9. The maximum Gasteiger partial charge on any atom is 0 e. The van der Waals surface area contributed by atoms with Gasteiger partial charge in [-0.05, 0) is 0 Å². The van der Waals surface area contributed by atoms with Crippen molar-refractivity contribution in [1.82, 2.24) is 0 Å². The van der Waals surface area contributed by atoms with Crippen LogP contribution < -0.4 is 0 Å². The van der Waals surface area contributed by atoms with Crippen LogP contribution in [0.4, 0.5) is 0 Å². The molecule has 0 heterocycles. The second-order valence-electron chi connectivity index (χ2n) is 1.39. The van der Waals surface area contributed by atoms with Crippen LogP contribution in [0.15, 0.2) is 0 Å². The summed E-state index contributed by atoms with van der Waals surface area (Å²) in [5.74, 6) is 0.583. The van der Waals surface area contributed by atoms with Crippen LogP contribution in [-0.2, 0) is 46.5 Å². The van der Waals surface area contributed by atoms with Gasteiger partial charge in [0.25, 0.3) is 0 Å². The molecule has 0 aliphatic rings. The molecule has 0 radical (unpaired) electrons. The van der Waals surface area contributed by atoms with Gasteiger partial charge in [0.05, 0.1) is 0 Å². The fourth-order valence-electron chi connectivity index (χ4n) is 0. The number of rotatable bonds is 0. The molecule has 0 fully saturated rings. The van der Waals surface area contributed by atoms with E-state index in [9.17, 15) is 0 Å². The summed E-state index contributed by atoms with van der Waals surface area (Å²) in [6.45, 7) is 7.75. The Bertz CT molecular complexity index is 14.4. The molecule has 44 valence electrons. The molecule has 7 heavy (non-hydrogen) atoms. The van der Waals surface area contributed by atoms with E-state index in [4.69, 9.17) is 0 Å². The predicted octanol–water partition coefficient (Wildman–Crippen LogP) is 0.934. The van der Waals surface area contributed by atoms with Crippen molar-refractivity contribution in [2.75, 3.05) is 0 Å². The Kier molecular flexibility index (Phi) is 53.4. The van der Waals surface area contributed by atoms with Gasteiger partial charge in [-0.2, -0.15) is 5.92 Å². The molecule has 0 aliphatic carbocycles. The van der Waals surface area contributed by atoms with Crippen molar-refractivity contribution in [1.29, 1.82) is 0 Å². The SMILES string of the molecule is [CH2-]C(C)C.[SH-].[SH-].[Zn]. The first-order chi connectivity index (χ1) is 1.73. The maximum atomic E-state index is 3.64. The van der Waals surface area contributed by atoms with Crippen LogP contribution >= 0.6 is 0 Å². The van der Waals surface area contributed by atoms with E-state index in [1.54, 1.807) is 0 Å². The molecule has 3 heteroatoms. The van der Waals surface area contributed by atoms with Gasteiger partial charge < -0.3 is 33.9 Å². The predicted molar refractivity (Wildman–Crippen MR) is 37.7 cm³/mol. The molecular formula is C4H11S2Zn-3. The van der Waals surface area contributed by atoms with Crippen molar-refractivity contribution in [2.24, 2.45) is 5.92 Å². The van der Waals surface area contributed by atoms with E-state index in [1.807, 2.05) is 0 Å². The van der Waals surface area contributed by atoms with Crippen LogP contribution in [0, 0.1) is 12.8 Å². The largest absolute Gasteiger partial charge is 0.813 e. The van der Waals surface area contributed by atoms with E-state index < -0.39 is 0 Å². The molecule has 0 spiro atoms. The second kappa shape index (κ2) is 15.7. The van der Waals surface area contributed by atoms with Crippen molar-refractivity contribution < 1.29 is 19.5 Å². The van der Waals surface area contributed by atoms with Crippen LogP contribution in [0.3, 0.4) is 0 Å². The van der Waals surface area contributed by atoms with Crippen molar-refractivity contribution in [3.05, 3.63) is 6.92 Å². The quantitative estimate of drug-likeness (QED) is 0.240. The van der Waals surface area contributed by atoms with Gasteiger partial charge in [0.15, 0.2) is 0 Å². The molecule has 0 nitrogen and oxygen atoms in total. The first-order valence-electron chi connectivity index (χ1n) is 1.56. The fourth-order valence-corrected chi connectivity index (χ4v) is 0. The number of hydrogen-bond acceptors (Lipinski definition) is 2. The molecule has 0 aromatic carbocycles. The third-order valence-corrected chi connectivity index (χ3v) is 0. The molecule has 0 unspecified atom stereocenters. The zero-order chi connectivity index (χ0) is 3.58. The summed E-state index contributed by atoms with van der Waals surface area (Å²) < 4.78 is 0. The van der Waals surface area contributed by atoms with Gasteiger partial charge in [-0.15, -0.1) is 0 Å². The first-order valence-corrected chi connectivity index (χ1v) is 1.56. The van der Waals surface area contributed by atoms with Crippen LogP contribution in [0.1, 0.15) is 13.8 Å². The Balaban J connectivity index is -0.0000000150. The van der Waals surface area contributed by atoms with Gasteiger partial charge in [-0.3, -0.25) is 0 Å². The Morgan fingerprint density at radius 1 is 1.14 bits per heavy atom. The normalized spacial score (nSPS) is 5.14. The average molecular weight is 189 g/mol. The number of hydrogen-bond donors (Lipinski definition) is 0. The molecule has 0 saturated carbocycles. The van der Waals surface area contributed by atoms with E-state index >= 15 is 0 Å². The van der Waals surface area contributed by atoms with Crippen LogP contribution in [0.25, 0.3) is 0 Å². The minimum absolute atomic E-state index is 0. The van der Waals surface area contributed by atoms with Gasteiger partial charge in [-0.25, -0.2) is 0 Å². The fraction of sp³-hybridized carbons (Fsp3) is 0.750. The van der Waals surface area contributed by atoms with Crippen molar-refractivity contribution in [3.63, 3.8) is 0 Å². The molecule has 0 N–H and O–H groups in total. The standard InChI is InChI=1S/C4H9.2H2S.Zn/c1-4(2)3;;;/h4H,1H2,2-3H3;2*1H2;/q-1;;;/p-2. The molecule has 0 atom stereocenters.